The molecule has 0 bridgehead atoms. The van der Waals surface area contributed by atoms with Crippen molar-refractivity contribution in [2.24, 2.45) is 0 Å². The average molecular weight is 492 g/mol. The molecule has 9 heteroatoms. The zero-order valence-corrected chi connectivity index (χ0v) is 21.5. The van der Waals surface area contributed by atoms with Crippen LogP contribution in [0.2, 0.25) is 0 Å². The van der Waals surface area contributed by atoms with Crippen LogP contribution in [0.1, 0.15) is 67.5 Å². The number of piperidine rings is 1. The molecular weight excluding hydrogens is 458 g/mol. The molecule has 0 saturated carbocycles. The highest BCUT2D eigenvalue weighted by Gasteiger charge is 2.29. The zero-order valence-electron chi connectivity index (χ0n) is 20.7. The van der Waals surface area contributed by atoms with Crippen LogP contribution >= 0.6 is 11.3 Å². The predicted molar refractivity (Wildman–Crippen MR) is 138 cm³/mol. The topological polar surface area (TPSA) is 84.2 Å². The first-order valence-electron chi connectivity index (χ1n) is 12.7. The van der Waals surface area contributed by atoms with Crippen LogP contribution in [0.15, 0.2) is 24.8 Å². The van der Waals surface area contributed by atoms with Crippen LogP contribution in [0.3, 0.4) is 0 Å². The van der Waals surface area contributed by atoms with E-state index < -0.39 is 0 Å². The highest BCUT2D eigenvalue weighted by atomic mass is 32.1. The van der Waals surface area contributed by atoms with Crippen LogP contribution in [0.5, 0.6) is 0 Å². The molecular formula is C26H33N7OS. The van der Waals surface area contributed by atoms with Crippen LogP contribution in [0, 0.1) is 6.92 Å². The second kappa shape index (κ2) is 9.44. The predicted octanol–water partition coefficient (Wildman–Crippen LogP) is 5.03. The Kier molecular flexibility index (Phi) is 6.16. The zero-order chi connectivity index (χ0) is 23.9. The van der Waals surface area contributed by atoms with E-state index in [0.717, 1.165) is 41.4 Å². The third-order valence-corrected chi connectivity index (χ3v) is 8.75. The first kappa shape index (κ1) is 22.8. The molecule has 2 fully saturated rings. The van der Waals surface area contributed by atoms with E-state index in [4.69, 9.17) is 14.8 Å². The molecule has 35 heavy (non-hydrogen) atoms. The van der Waals surface area contributed by atoms with Crippen molar-refractivity contribution in [1.82, 2.24) is 34.7 Å². The van der Waals surface area contributed by atoms with Gasteiger partial charge in [-0.3, -0.25) is 5.10 Å². The standard InChI is InChI=1S/C26H33N7OS/c1-16(2)22-23(19-12-17(3)25-28-15-29-33(25)14-19)30-31-24(22)21-13-27-26(35-21)18-4-8-32(9-5-18)20-6-10-34-11-7-20/h12-16,18,20H,4-11H2,1-3H3,(H,30,31). The summed E-state index contributed by atoms with van der Waals surface area (Å²) in [5.74, 6) is 0.867. The van der Waals surface area contributed by atoms with Gasteiger partial charge in [-0.25, -0.2) is 14.5 Å². The fourth-order valence-electron chi connectivity index (χ4n) is 5.70. The molecule has 2 aliphatic rings. The molecule has 6 rings (SSSR count). The first-order valence-corrected chi connectivity index (χ1v) is 13.6. The summed E-state index contributed by atoms with van der Waals surface area (Å²) in [5, 5.41) is 13.7. The lowest BCUT2D eigenvalue weighted by Crippen LogP contribution is -2.43. The van der Waals surface area contributed by atoms with Gasteiger partial charge in [0.15, 0.2) is 5.65 Å². The molecule has 2 aliphatic heterocycles. The average Bonchev–Trinajstić information content (AvgIpc) is 3.63. The van der Waals surface area contributed by atoms with E-state index in [1.54, 1.807) is 6.33 Å². The van der Waals surface area contributed by atoms with E-state index in [0.29, 0.717) is 17.9 Å². The van der Waals surface area contributed by atoms with E-state index >= 15 is 0 Å². The maximum absolute atomic E-state index is 5.55. The van der Waals surface area contributed by atoms with Gasteiger partial charge in [-0.1, -0.05) is 13.8 Å². The molecule has 6 heterocycles. The largest absolute Gasteiger partial charge is 0.381 e. The van der Waals surface area contributed by atoms with Crippen molar-refractivity contribution < 1.29 is 4.74 Å². The van der Waals surface area contributed by atoms with Gasteiger partial charge in [-0.05, 0) is 63.2 Å². The van der Waals surface area contributed by atoms with Crippen molar-refractivity contribution in [2.45, 2.75) is 64.3 Å². The normalized spacial score (nSPS) is 18.7. The maximum Gasteiger partial charge on any atom is 0.158 e. The van der Waals surface area contributed by atoms with Gasteiger partial charge < -0.3 is 9.64 Å². The summed E-state index contributed by atoms with van der Waals surface area (Å²) in [4.78, 5) is 13.1. The lowest BCUT2D eigenvalue weighted by molar-refractivity contribution is 0.0252. The number of H-pyrrole nitrogens is 1. The van der Waals surface area contributed by atoms with E-state index in [1.807, 2.05) is 28.2 Å². The second-order valence-electron chi connectivity index (χ2n) is 10.2. The Labute approximate surface area is 209 Å². The first-order chi connectivity index (χ1) is 17.1. The lowest BCUT2D eigenvalue weighted by atomic mass is 9.95. The van der Waals surface area contributed by atoms with E-state index in [-0.39, 0.29) is 0 Å². The van der Waals surface area contributed by atoms with Crippen LogP contribution in [-0.2, 0) is 4.74 Å². The molecule has 4 aromatic heterocycles. The van der Waals surface area contributed by atoms with E-state index in [1.165, 1.54) is 54.2 Å². The molecule has 0 spiro atoms. The monoisotopic (exact) mass is 491 g/mol. The van der Waals surface area contributed by atoms with Crippen molar-refractivity contribution in [3.8, 4) is 21.8 Å². The molecule has 0 aromatic carbocycles. The van der Waals surface area contributed by atoms with Crippen LogP contribution in [-0.4, -0.2) is 67.0 Å². The number of aromatic nitrogens is 6. The van der Waals surface area contributed by atoms with Crippen LogP contribution < -0.4 is 0 Å². The summed E-state index contributed by atoms with van der Waals surface area (Å²) in [6.07, 6.45) is 10.4. The number of fused-ring (bicyclic) bond motifs is 1. The quantitative estimate of drug-likeness (QED) is 0.421. The minimum Gasteiger partial charge on any atom is -0.381 e. The number of likely N-dealkylation sites (tertiary alicyclic amines) is 1. The summed E-state index contributed by atoms with van der Waals surface area (Å²) >= 11 is 1.83. The van der Waals surface area contributed by atoms with Crippen molar-refractivity contribution >= 4 is 17.0 Å². The van der Waals surface area contributed by atoms with Crippen LogP contribution in [0.25, 0.3) is 27.5 Å². The van der Waals surface area contributed by atoms with Crippen molar-refractivity contribution in [3.63, 3.8) is 0 Å². The Morgan fingerprint density at radius 2 is 1.91 bits per heavy atom. The van der Waals surface area contributed by atoms with Gasteiger partial charge in [0.2, 0.25) is 0 Å². The van der Waals surface area contributed by atoms with Gasteiger partial charge in [-0.15, -0.1) is 11.3 Å². The number of hydrogen-bond acceptors (Lipinski definition) is 7. The Bertz CT molecular complexity index is 1310. The number of nitrogens with one attached hydrogen (secondary N) is 1. The summed E-state index contributed by atoms with van der Waals surface area (Å²) in [6, 6.07) is 2.86. The number of hydrogen-bond donors (Lipinski definition) is 1. The molecule has 184 valence electrons. The fraction of sp³-hybridized carbons (Fsp3) is 0.538. The molecule has 0 amide bonds. The van der Waals surface area contributed by atoms with Gasteiger partial charge in [0, 0.05) is 48.7 Å². The lowest BCUT2D eigenvalue weighted by Gasteiger charge is -2.38. The van der Waals surface area contributed by atoms with Crippen molar-refractivity contribution in [1.29, 1.82) is 0 Å². The number of aryl methyl sites for hydroxylation is 1. The number of thiazole rings is 1. The third kappa shape index (κ3) is 4.30. The molecule has 0 radical (unpaired) electrons. The number of rotatable bonds is 5. The number of nitrogens with zero attached hydrogens (tertiary/aromatic N) is 6. The molecule has 1 N–H and O–H groups in total. The van der Waals surface area contributed by atoms with Crippen LogP contribution in [0.4, 0.5) is 0 Å². The van der Waals surface area contributed by atoms with Gasteiger partial charge in [0.1, 0.15) is 6.33 Å². The van der Waals surface area contributed by atoms with Crippen molar-refractivity contribution in [3.05, 3.63) is 40.9 Å². The number of pyridine rings is 1. The number of aromatic amines is 1. The van der Waals surface area contributed by atoms with E-state index in [2.05, 4.69) is 46.9 Å². The maximum atomic E-state index is 5.55. The Morgan fingerprint density at radius 1 is 1.11 bits per heavy atom. The summed E-state index contributed by atoms with van der Waals surface area (Å²) in [7, 11) is 0. The molecule has 4 aromatic rings. The molecule has 2 saturated heterocycles. The highest BCUT2D eigenvalue weighted by molar-refractivity contribution is 7.15. The highest BCUT2D eigenvalue weighted by Crippen LogP contribution is 2.40. The smallest absolute Gasteiger partial charge is 0.158 e. The minimum absolute atomic E-state index is 0.318. The SMILES string of the molecule is Cc1cc(-c2n[nH]c(-c3cnc(C4CCN(C5CCOCC5)CC4)s3)c2C(C)C)cn2ncnc12. The summed E-state index contributed by atoms with van der Waals surface area (Å²) in [5.41, 5.74) is 6.33. The summed E-state index contributed by atoms with van der Waals surface area (Å²) in [6.45, 7) is 10.7. The summed E-state index contributed by atoms with van der Waals surface area (Å²) < 4.78 is 7.39. The van der Waals surface area contributed by atoms with E-state index in [9.17, 15) is 0 Å². The van der Waals surface area contributed by atoms with Gasteiger partial charge in [0.25, 0.3) is 0 Å². The Morgan fingerprint density at radius 3 is 2.69 bits per heavy atom. The van der Waals surface area contributed by atoms with Crippen molar-refractivity contribution in [2.75, 3.05) is 26.3 Å². The molecule has 0 atom stereocenters. The minimum atomic E-state index is 0.318. The molecule has 8 nitrogen and oxygen atoms in total. The second-order valence-corrected chi connectivity index (χ2v) is 11.2. The van der Waals surface area contributed by atoms with Gasteiger partial charge >= 0.3 is 0 Å². The van der Waals surface area contributed by atoms with Gasteiger partial charge in [-0.2, -0.15) is 10.2 Å². The Hall–Kier alpha value is -2.62. The fourth-order valence-corrected chi connectivity index (χ4v) is 6.79. The third-order valence-electron chi connectivity index (χ3n) is 7.57. The Balaban J connectivity index is 1.24. The molecule has 0 unspecified atom stereocenters. The number of ether oxygens (including phenoxy) is 1. The van der Waals surface area contributed by atoms with Gasteiger partial charge in [0.05, 0.1) is 21.3 Å². The molecule has 0 aliphatic carbocycles.